The van der Waals surface area contributed by atoms with Crippen LogP contribution in [-0.2, 0) is 19.3 Å². The Hall–Kier alpha value is -0.160. The Balaban J connectivity index is 1.78. The van der Waals surface area contributed by atoms with Gasteiger partial charge in [-0.2, -0.15) is 0 Å². The summed E-state index contributed by atoms with van der Waals surface area (Å²) < 4.78 is 15.9. The Labute approximate surface area is 77.8 Å². The fourth-order valence-corrected chi connectivity index (χ4v) is 1.66. The van der Waals surface area contributed by atoms with E-state index in [1.54, 1.807) is 0 Å². The van der Waals surface area contributed by atoms with Crippen LogP contribution in [0.3, 0.4) is 0 Å². The average molecular weight is 187 g/mol. The van der Waals surface area contributed by atoms with E-state index in [0.717, 1.165) is 19.4 Å². The van der Waals surface area contributed by atoms with Crippen LogP contribution in [0.1, 0.15) is 19.3 Å². The molecule has 0 aromatic rings. The van der Waals surface area contributed by atoms with Crippen LogP contribution in [0.25, 0.3) is 0 Å². The molecule has 0 aromatic carbocycles. The normalized spacial score (nSPS) is 40.8. The Kier molecular flexibility index (Phi) is 3.16. The van der Waals surface area contributed by atoms with Gasteiger partial charge in [-0.3, -0.25) is 0 Å². The van der Waals surface area contributed by atoms with Crippen molar-refractivity contribution in [3.05, 3.63) is 0 Å². The second-order valence-corrected chi connectivity index (χ2v) is 3.54. The van der Waals surface area contributed by atoms with Crippen LogP contribution in [0.5, 0.6) is 0 Å². The molecule has 2 aliphatic rings. The molecule has 2 fully saturated rings. The number of rotatable bonds is 2. The highest BCUT2D eigenvalue weighted by Crippen LogP contribution is 2.19. The highest BCUT2D eigenvalue weighted by Gasteiger charge is 2.30. The van der Waals surface area contributed by atoms with E-state index < -0.39 is 12.4 Å². The minimum absolute atomic E-state index is 0.0690. The molecule has 0 aliphatic carbocycles. The first-order valence-corrected chi connectivity index (χ1v) is 4.87. The standard InChI is InChI=1S/C9H15O4/c10-8-2-1-4-12-9(8)13-7-3-5-11-6-7/h7-9H,1-6H2. The molecular weight excluding hydrogens is 172 g/mol. The summed E-state index contributed by atoms with van der Waals surface area (Å²) in [5.74, 6) is 0. The van der Waals surface area contributed by atoms with Crippen molar-refractivity contribution in [3.63, 3.8) is 0 Å². The quantitative estimate of drug-likeness (QED) is 0.640. The summed E-state index contributed by atoms with van der Waals surface area (Å²) in [6.45, 7) is 1.99. The zero-order valence-corrected chi connectivity index (χ0v) is 7.61. The van der Waals surface area contributed by atoms with Crippen molar-refractivity contribution >= 4 is 0 Å². The molecule has 3 atom stereocenters. The van der Waals surface area contributed by atoms with Crippen LogP contribution < -0.4 is 0 Å². The van der Waals surface area contributed by atoms with Gasteiger partial charge in [0.1, 0.15) is 6.10 Å². The van der Waals surface area contributed by atoms with Gasteiger partial charge in [0.25, 0.3) is 0 Å². The highest BCUT2D eigenvalue weighted by molar-refractivity contribution is 4.70. The zero-order valence-electron chi connectivity index (χ0n) is 7.61. The zero-order chi connectivity index (χ0) is 9.10. The van der Waals surface area contributed by atoms with E-state index in [4.69, 9.17) is 14.2 Å². The van der Waals surface area contributed by atoms with Crippen molar-refractivity contribution < 1.29 is 19.3 Å². The van der Waals surface area contributed by atoms with Gasteiger partial charge in [-0.05, 0) is 19.3 Å². The summed E-state index contributed by atoms with van der Waals surface area (Å²) in [6, 6.07) is 0. The van der Waals surface area contributed by atoms with E-state index in [9.17, 15) is 5.11 Å². The highest BCUT2D eigenvalue weighted by atomic mass is 16.7. The lowest BCUT2D eigenvalue weighted by Gasteiger charge is -2.28. The number of hydrogen-bond acceptors (Lipinski definition) is 3. The minimum atomic E-state index is -0.714. The summed E-state index contributed by atoms with van der Waals surface area (Å²) in [4.78, 5) is 0. The van der Waals surface area contributed by atoms with Crippen LogP contribution >= 0.6 is 0 Å². The van der Waals surface area contributed by atoms with Crippen LogP contribution in [0, 0.1) is 0 Å². The van der Waals surface area contributed by atoms with Gasteiger partial charge in [0, 0.05) is 13.2 Å². The van der Waals surface area contributed by atoms with E-state index in [1.807, 2.05) is 0 Å². The lowest BCUT2D eigenvalue weighted by Crippen LogP contribution is -2.38. The summed E-state index contributed by atoms with van der Waals surface area (Å²) >= 11 is 0. The molecule has 1 radical (unpaired) electrons. The van der Waals surface area contributed by atoms with Gasteiger partial charge in [-0.1, -0.05) is 0 Å². The van der Waals surface area contributed by atoms with Gasteiger partial charge in [0.2, 0.25) is 0 Å². The first kappa shape index (κ1) is 9.40. The van der Waals surface area contributed by atoms with Crippen LogP contribution in [-0.4, -0.2) is 38.3 Å². The Bertz CT molecular complexity index is 156. The molecule has 2 saturated heterocycles. The Morgan fingerprint density at radius 2 is 2.15 bits per heavy atom. The van der Waals surface area contributed by atoms with Crippen molar-refractivity contribution in [1.82, 2.24) is 0 Å². The van der Waals surface area contributed by atoms with Crippen LogP contribution in [0.15, 0.2) is 0 Å². The van der Waals surface area contributed by atoms with Crippen molar-refractivity contribution in [2.45, 2.75) is 37.8 Å². The van der Waals surface area contributed by atoms with E-state index in [0.29, 0.717) is 19.6 Å². The van der Waals surface area contributed by atoms with E-state index in [-0.39, 0.29) is 6.10 Å². The van der Waals surface area contributed by atoms with Gasteiger partial charge in [-0.15, -0.1) is 0 Å². The van der Waals surface area contributed by atoms with Gasteiger partial charge in [-0.25, -0.2) is 5.11 Å². The molecule has 4 nitrogen and oxygen atoms in total. The molecule has 2 heterocycles. The molecule has 0 saturated carbocycles. The predicted molar refractivity (Wildman–Crippen MR) is 43.8 cm³/mol. The fourth-order valence-electron chi connectivity index (χ4n) is 1.66. The Morgan fingerprint density at radius 3 is 2.85 bits per heavy atom. The lowest BCUT2D eigenvalue weighted by atomic mass is 10.1. The maximum atomic E-state index is 11.4. The first-order valence-electron chi connectivity index (χ1n) is 4.87. The van der Waals surface area contributed by atoms with E-state index in [2.05, 4.69) is 0 Å². The SMILES string of the molecule is [O]C1CCCOC1OC1CCOC1. The van der Waals surface area contributed by atoms with Crippen molar-refractivity contribution in [3.8, 4) is 0 Å². The average Bonchev–Trinajstić information content (AvgIpc) is 2.61. The second kappa shape index (κ2) is 4.37. The number of ether oxygens (including phenoxy) is 3. The predicted octanol–water partition coefficient (Wildman–Crippen LogP) is 0.728. The lowest BCUT2D eigenvalue weighted by molar-refractivity contribution is -0.245. The van der Waals surface area contributed by atoms with Crippen LogP contribution in [0.4, 0.5) is 0 Å². The van der Waals surface area contributed by atoms with Gasteiger partial charge in [0.15, 0.2) is 6.29 Å². The molecular formula is C9H15O4. The summed E-state index contributed by atoms with van der Waals surface area (Å²) in [7, 11) is 0. The maximum Gasteiger partial charge on any atom is 0.187 e. The third-order valence-electron chi connectivity index (χ3n) is 2.43. The second-order valence-electron chi connectivity index (χ2n) is 3.54. The van der Waals surface area contributed by atoms with Crippen molar-refractivity contribution in [1.29, 1.82) is 0 Å². The molecule has 0 amide bonds. The minimum Gasteiger partial charge on any atom is -0.379 e. The third-order valence-corrected chi connectivity index (χ3v) is 2.43. The molecule has 3 unspecified atom stereocenters. The molecule has 2 aliphatic heterocycles. The van der Waals surface area contributed by atoms with Gasteiger partial charge >= 0.3 is 0 Å². The molecule has 0 bridgehead atoms. The molecule has 13 heavy (non-hydrogen) atoms. The van der Waals surface area contributed by atoms with Gasteiger partial charge < -0.3 is 14.2 Å². The summed E-state index contributed by atoms with van der Waals surface area (Å²) in [6.07, 6.45) is 1.22. The largest absolute Gasteiger partial charge is 0.379 e. The van der Waals surface area contributed by atoms with Crippen molar-refractivity contribution in [2.24, 2.45) is 0 Å². The Morgan fingerprint density at radius 1 is 1.23 bits per heavy atom. The first-order chi connectivity index (χ1) is 6.36. The number of hydrogen-bond donors (Lipinski definition) is 0. The third kappa shape index (κ3) is 2.40. The summed E-state index contributed by atoms with van der Waals surface area (Å²) in [5.41, 5.74) is 0. The topological polar surface area (TPSA) is 47.6 Å². The van der Waals surface area contributed by atoms with E-state index in [1.165, 1.54) is 0 Å². The van der Waals surface area contributed by atoms with Gasteiger partial charge in [0.05, 0.1) is 12.7 Å². The van der Waals surface area contributed by atoms with Crippen molar-refractivity contribution in [2.75, 3.05) is 19.8 Å². The maximum absolute atomic E-state index is 11.4. The fraction of sp³-hybridized carbons (Fsp3) is 1.00. The monoisotopic (exact) mass is 187 g/mol. The molecule has 0 spiro atoms. The summed E-state index contributed by atoms with van der Waals surface area (Å²) in [5, 5.41) is 11.4. The van der Waals surface area contributed by atoms with E-state index >= 15 is 0 Å². The molecule has 0 aromatic heterocycles. The molecule has 0 N–H and O–H groups in total. The molecule has 75 valence electrons. The smallest absolute Gasteiger partial charge is 0.187 e. The van der Waals surface area contributed by atoms with Crippen LogP contribution in [0.2, 0.25) is 0 Å². The molecule has 4 heteroatoms. The molecule has 2 rings (SSSR count).